The molecule has 0 aromatic heterocycles. The SMILES string of the molecule is CPPN(C(=O)OC(C)(C)C)[C@@H]1C[C@H]2C[C@@H]1CN2C(=O)OCc1ccccc1. The average Bonchev–Trinajstić information content (AvgIpc) is 3.24. The number of piperidine rings is 1. The summed E-state index contributed by atoms with van der Waals surface area (Å²) in [5.41, 5.74) is 0.487. The van der Waals surface area contributed by atoms with Gasteiger partial charge < -0.3 is 14.4 Å². The van der Waals surface area contributed by atoms with Gasteiger partial charge in [-0.15, -0.1) is 0 Å². The summed E-state index contributed by atoms with van der Waals surface area (Å²) in [6.45, 7) is 8.73. The molecule has 8 heteroatoms. The van der Waals surface area contributed by atoms with Crippen LogP contribution in [0, 0.1) is 5.92 Å². The van der Waals surface area contributed by atoms with Gasteiger partial charge in [0.05, 0.1) is 0 Å². The van der Waals surface area contributed by atoms with Crippen LogP contribution in [0.25, 0.3) is 0 Å². The van der Waals surface area contributed by atoms with E-state index in [1.54, 1.807) is 0 Å². The second-order valence-electron chi connectivity index (χ2n) is 8.36. The third kappa shape index (κ3) is 5.15. The summed E-state index contributed by atoms with van der Waals surface area (Å²) in [7, 11) is 1.11. The normalized spacial score (nSPS) is 24.4. The monoisotopic (exact) mass is 424 g/mol. The van der Waals surface area contributed by atoms with Crippen molar-refractivity contribution >= 4 is 28.9 Å². The zero-order chi connectivity index (χ0) is 20.3. The molecular formula is C20H30N2O4P2. The van der Waals surface area contributed by atoms with Crippen molar-refractivity contribution in [3.8, 4) is 0 Å². The molecule has 1 aliphatic heterocycles. The predicted molar refractivity (Wildman–Crippen MR) is 114 cm³/mol. The lowest BCUT2D eigenvalue weighted by Gasteiger charge is -2.38. The second-order valence-corrected chi connectivity index (χ2v) is 11.7. The topological polar surface area (TPSA) is 59.1 Å². The van der Waals surface area contributed by atoms with E-state index in [4.69, 9.17) is 9.47 Å². The van der Waals surface area contributed by atoms with Gasteiger partial charge in [0.2, 0.25) is 0 Å². The molecule has 154 valence electrons. The highest BCUT2D eigenvalue weighted by Gasteiger charge is 2.50. The molecule has 1 aromatic carbocycles. The minimum atomic E-state index is -0.498. The molecule has 1 heterocycles. The van der Waals surface area contributed by atoms with Crippen LogP contribution in [0.5, 0.6) is 0 Å². The van der Waals surface area contributed by atoms with E-state index in [9.17, 15) is 9.59 Å². The standard InChI is InChI=1S/C20H30N2O4P2/c1-20(2,3)26-19(24)22(28-27-4)17-11-16-10-15(17)12-21(16)18(23)25-13-14-8-6-5-7-9-14/h5-9,15-17,27-28H,10-13H2,1-4H3/t15-,16-,17-/m1/s1. The fraction of sp³-hybridized carbons (Fsp3) is 0.600. The third-order valence-corrected chi connectivity index (χ3v) is 7.47. The van der Waals surface area contributed by atoms with E-state index >= 15 is 0 Å². The summed E-state index contributed by atoms with van der Waals surface area (Å²) in [4.78, 5) is 27.1. The van der Waals surface area contributed by atoms with Crippen LogP contribution in [-0.2, 0) is 16.1 Å². The molecule has 1 saturated heterocycles. The van der Waals surface area contributed by atoms with E-state index in [0.29, 0.717) is 35.8 Å². The highest BCUT2D eigenvalue weighted by molar-refractivity contribution is 8.10. The Morgan fingerprint density at radius 3 is 2.50 bits per heavy atom. The smallest absolute Gasteiger partial charge is 0.413 e. The number of carbonyl (C=O) groups is 2. The van der Waals surface area contributed by atoms with Crippen LogP contribution >= 0.6 is 16.7 Å². The summed E-state index contributed by atoms with van der Waals surface area (Å²) in [6, 6.07) is 10.0. The Morgan fingerprint density at radius 2 is 1.93 bits per heavy atom. The van der Waals surface area contributed by atoms with Gasteiger partial charge in [-0.2, -0.15) is 0 Å². The van der Waals surface area contributed by atoms with Gasteiger partial charge >= 0.3 is 12.2 Å². The number of rotatable bonds is 5. The molecule has 2 unspecified atom stereocenters. The lowest BCUT2D eigenvalue weighted by atomic mass is 10.0. The molecule has 2 fully saturated rings. The zero-order valence-corrected chi connectivity index (χ0v) is 19.0. The minimum Gasteiger partial charge on any atom is -0.445 e. The zero-order valence-electron chi connectivity index (χ0n) is 17.0. The van der Waals surface area contributed by atoms with Crippen molar-refractivity contribution in [3.05, 3.63) is 35.9 Å². The first kappa shape index (κ1) is 21.3. The molecule has 0 N–H and O–H groups in total. The molecule has 2 amide bonds. The van der Waals surface area contributed by atoms with Crippen molar-refractivity contribution in [1.29, 1.82) is 0 Å². The van der Waals surface area contributed by atoms with Crippen LogP contribution in [0.4, 0.5) is 9.59 Å². The number of nitrogens with zero attached hydrogens (tertiary/aromatic N) is 2. The van der Waals surface area contributed by atoms with E-state index < -0.39 is 5.60 Å². The van der Waals surface area contributed by atoms with Gasteiger partial charge in [-0.3, -0.25) is 4.67 Å². The largest absolute Gasteiger partial charge is 0.445 e. The Balaban J connectivity index is 1.57. The third-order valence-electron chi connectivity index (χ3n) is 5.10. The molecule has 3 rings (SSSR count). The Hall–Kier alpha value is -1.38. The van der Waals surface area contributed by atoms with Gasteiger partial charge in [0.25, 0.3) is 0 Å². The van der Waals surface area contributed by atoms with Crippen molar-refractivity contribution in [2.24, 2.45) is 5.92 Å². The Bertz CT molecular complexity index is 695. The average molecular weight is 424 g/mol. The molecule has 2 aliphatic rings. The Kier molecular flexibility index (Phi) is 6.83. The van der Waals surface area contributed by atoms with Crippen LogP contribution < -0.4 is 0 Å². The number of hydrogen-bond acceptors (Lipinski definition) is 4. The Morgan fingerprint density at radius 1 is 1.21 bits per heavy atom. The van der Waals surface area contributed by atoms with Crippen molar-refractivity contribution in [3.63, 3.8) is 0 Å². The van der Waals surface area contributed by atoms with Gasteiger partial charge in [0, 0.05) is 27.0 Å². The van der Waals surface area contributed by atoms with Crippen LogP contribution in [0.2, 0.25) is 0 Å². The first-order chi connectivity index (χ1) is 13.3. The highest BCUT2D eigenvalue weighted by atomic mass is 32.0. The lowest BCUT2D eigenvalue weighted by molar-refractivity contribution is 0.0284. The number of carbonyl (C=O) groups excluding carboxylic acids is 2. The summed E-state index contributed by atoms with van der Waals surface area (Å²) in [5, 5.41) is 0. The number of benzene rings is 1. The fourth-order valence-corrected chi connectivity index (χ4v) is 6.32. The van der Waals surface area contributed by atoms with Crippen molar-refractivity contribution in [2.45, 2.75) is 57.9 Å². The maximum absolute atomic E-state index is 12.7. The number of likely N-dealkylation sites (tertiary alicyclic amines) is 1. The quantitative estimate of drug-likeness (QED) is 0.635. The van der Waals surface area contributed by atoms with Crippen molar-refractivity contribution in [1.82, 2.24) is 9.57 Å². The molecular weight excluding hydrogens is 394 g/mol. The highest BCUT2D eigenvalue weighted by Crippen LogP contribution is 2.48. The molecule has 2 bridgehead atoms. The second kappa shape index (κ2) is 8.97. The van der Waals surface area contributed by atoms with Crippen LogP contribution in [0.1, 0.15) is 39.2 Å². The van der Waals surface area contributed by atoms with Crippen LogP contribution in [0.3, 0.4) is 0 Å². The summed E-state index contributed by atoms with van der Waals surface area (Å²) in [6.07, 6.45) is 1.26. The molecule has 6 nitrogen and oxygen atoms in total. The van der Waals surface area contributed by atoms with Gasteiger partial charge in [-0.1, -0.05) is 38.6 Å². The minimum absolute atomic E-state index is 0.146. The molecule has 1 aliphatic carbocycles. The van der Waals surface area contributed by atoms with Crippen molar-refractivity contribution in [2.75, 3.05) is 13.2 Å². The maximum Gasteiger partial charge on any atom is 0.413 e. The molecule has 5 atom stereocenters. The molecule has 0 radical (unpaired) electrons. The van der Waals surface area contributed by atoms with Gasteiger partial charge in [0.1, 0.15) is 12.2 Å². The fourth-order valence-electron chi connectivity index (χ4n) is 3.96. The van der Waals surface area contributed by atoms with Crippen LogP contribution in [-0.4, -0.2) is 52.7 Å². The van der Waals surface area contributed by atoms with Gasteiger partial charge in [-0.25, -0.2) is 9.59 Å². The summed E-state index contributed by atoms with van der Waals surface area (Å²) in [5.74, 6) is 0.297. The number of ether oxygens (including phenoxy) is 2. The van der Waals surface area contributed by atoms with E-state index in [0.717, 1.165) is 18.4 Å². The van der Waals surface area contributed by atoms with Crippen molar-refractivity contribution < 1.29 is 19.1 Å². The van der Waals surface area contributed by atoms with E-state index in [-0.39, 0.29) is 24.3 Å². The predicted octanol–water partition coefficient (Wildman–Crippen LogP) is 4.84. The first-order valence-electron chi connectivity index (χ1n) is 9.70. The van der Waals surface area contributed by atoms with Gasteiger partial charge in [0.15, 0.2) is 0 Å². The summed E-state index contributed by atoms with van der Waals surface area (Å²) < 4.78 is 13.1. The first-order valence-corrected chi connectivity index (χ1v) is 13.1. The molecule has 0 spiro atoms. The molecule has 1 aromatic rings. The lowest BCUT2D eigenvalue weighted by Crippen LogP contribution is -2.48. The van der Waals surface area contributed by atoms with E-state index in [1.165, 1.54) is 0 Å². The van der Waals surface area contributed by atoms with Gasteiger partial charge in [-0.05, 0) is 51.8 Å². The van der Waals surface area contributed by atoms with Crippen LogP contribution in [0.15, 0.2) is 30.3 Å². The number of fused-ring (bicyclic) bond motifs is 2. The molecule has 28 heavy (non-hydrogen) atoms. The van der Waals surface area contributed by atoms with E-state index in [2.05, 4.69) is 6.66 Å². The number of amides is 2. The molecule has 1 saturated carbocycles. The summed E-state index contributed by atoms with van der Waals surface area (Å²) >= 11 is 0. The Labute approximate surface area is 170 Å². The van der Waals surface area contributed by atoms with E-state index in [1.807, 2.05) is 60.7 Å². The maximum atomic E-state index is 12.7. The number of hydrogen-bond donors (Lipinski definition) is 0.